The molecular weight excluding hydrogens is 283 g/mol. The summed E-state index contributed by atoms with van der Waals surface area (Å²) in [5.41, 5.74) is 2.29. The standard InChI is InChI=1S/C17H23FN2S/c1-4-9-19-11-15(14-5-7-16(18)8-6-14)10-17-20-12(2)13(3)21-17/h5-8,15,19H,4,9-11H2,1-3H3. The molecule has 1 unspecified atom stereocenters. The molecule has 2 aromatic rings. The number of thiazole rings is 1. The van der Waals surface area contributed by atoms with E-state index in [0.29, 0.717) is 5.92 Å². The summed E-state index contributed by atoms with van der Waals surface area (Å²) in [5.74, 6) is 0.155. The van der Waals surface area contributed by atoms with Crippen molar-refractivity contribution in [2.24, 2.45) is 0 Å². The number of aryl methyl sites for hydroxylation is 2. The highest BCUT2D eigenvalue weighted by Gasteiger charge is 2.15. The van der Waals surface area contributed by atoms with E-state index in [1.165, 1.54) is 10.4 Å². The minimum absolute atomic E-state index is 0.181. The zero-order valence-corrected chi connectivity index (χ0v) is 13.8. The van der Waals surface area contributed by atoms with Crippen LogP contribution in [0.15, 0.2) is 24.3 Å². The third-order valence-electron chi connectivity index (χ3n) is 3.65. The van der Waals surface area contributed by atoms with E-state index in [2.05, 4.69) is 31.1 Å². The molecule has 0 amide bonds. The largest absolute Gasteiger partial charge is 0.316 e. The molecule has 1 aromatic carbocycles. The molecule has 1 heterocycles. The van der Waals surface area contributed by atoms with Gasteiger partial charge in [0.15, 0.2) is 0 Å². The molecule has 0 spiro atoms. The van der Waals surface area contributed by atoms with Gasteiger partial charge in [0.2, 0.25) is 0 Å². The number of nitrogens with zero attached hydrogens (tertiary/aromatic N) is 1. The predicted octanol–water partition coefficient (Wildman–Crippen LogP) is 4.22. The van der Waals surface area contributed by atoms with Crippen molar-refractivity contribution in [1.29, 1.82) is 0 Å². The first-order valence-corrected chi connectivity index (χ1v) is 8.31. The lowest BCUT2D eigenvalue weighted by Crippen LogP contribution is -2.23. The zero-order valence-electron chi connectivity index (χ0n) is 12.9. The van der Waals surface area contributed by atoms with E-state index in [-0.39, 0.29) is 5.82 Å². The Kier molecular flexibility index (Phi) is 5.88. The van der Waals surface area contributed by atoms with E-state index in [0.717, 1.165) is 36.6 Å². The highest BCUT2D eigenvalue weighted by atomic mass is 32.1. The van der Waals surface area contributed by atoms with Crippen molar-refractivity contribution >= 4 is 11.3 Å². The Bertz CT molecular complexity index is 543. The predicted molar refractivity (Wildman–Crippen MR) is 87.6 cm³/mol. The van der Waals surface area contributed by atoms with Gasteiger partial charge in [-0.3, -0.25) is 0 Å². The summed E-state index contributed by atoms with van der Waals surface area (Å²) < 4.78 is 13.1. The summed E-state index contributed by atoms with van der Waals surface area (Å²) in [5, 5.41) is 4.64. The molecule has 1 atom stereocenters. The SMILES string of the molecule is CCCNCC(Cc1nc(C)c(C)s1)c1ccc(F)cc1. The van der Waals surface area contributed by atoms with E-state index >= 15 is 0 Å². The minimum atomic E-state index is -0.181. The average molecular weight is 306 g/mol. The summed E-state index contributed by atoms with van der Waals surface area (Å²) in [6.07, 6.45) is 2.02. The number of hydrogen-bond acceptors (Lipinski definition) is 3. The molecule has 0 fully saturated rings. The number of hydrogen-bond donors (Lipinski definition) is 1. The van der Waals surface area contributed by atoms with Gasteiger partial charge in [0.25, 0.3) is 0 Å². The monoisotopic (exact) mass is 306 g/mol. The molecular formula is C17H23FN2S. The third-order valence-corrected chi connectivity index (χ3v) is 4.75. The summed E-state index contributed by atoms with van der Waals surface area (Å²) in [7, 11) is 0. The Hall–Kier alpha value is -1.26. The molecule has 114 valence electrons. The van der Waals surface area contributed by atoms with Gasteiger partial charge >= 0.3 is 0 Å². The van der Waals surface area contributed by atoms with E-state index < -0.39 is 0 Å². The van der Waals surface area contributed by atoms with Crippen LogP contribution >= 0.6 is 11.3 Å². The van der Waals surface area contributed by atoms with Crippen LogP contribution in [0.3, 0.4) is 0 Å². The molecule has 0 saturated heterocycles. The topological polar surface area (TPSA) is 24.9 Å². The van der Waals surface area contributed by atoms with Crippen molar-refractivity contribution in [1.82, 2.24) is 10.3 Å². The van der Waals surface area contributed by atoms with Gasteiger partial charge in [0.1, 0.15) is 5.82 Å². The molecule has 0 aliphatic heterocycles. The van der Waals surface area contributed by atoms with E-state index in [1.54, 1.807) is 23.5 Å². The molecule has 0 aliphatic rings. The minimum Gasteiger partial charge on any atom is -0.316 e. The van der Waals surface area contributed by atoms with Crippen LogP contribution in [0.5, 0.6) is 0 Å². The second-order valence-electron chi connectivity index (χ2n) is 5.41. The van der Waals surface area contributed by atoms with Crippen LogP contribution in [-0.2, 0) is 6.42 Å². The highest BCUT2D eigenvalue weighted by Crippen LogP contribution is 2.25. The normalized spacial score (nSPS) is 12.6. The van der Waals surface area contributed by atoms with Crippen LogP contribution in [0.25, 0.3) is 0 Å². The van der Waals surface area contributed by atoms with Crippen LogP contribution in [0.2, 0.25) is 0 Å². The number of rotatable bonds is 7. The Morgan fingerprint density at radius 1 is 1.24 bits per heavy atom. The maximum atomic E-state index is 13.1. The first kappa shape index (κ1) is 16.1. The Morgan fingerprint density at radius 2 is 1.95 bits per heavy atom. The van der Waals surface area contributed by atoms with Crippen LogP contribution in [0, 0.1) is 19.7 Å². The van der Waals surface area contributed by atoms with Crippen molar-refractivity contribution in [3.05, 3.63) is 51.2 Å². The fraction of sp³-hybridized carbons (Fsp3) is 0.471. The Labute approximate surface area is 130 Å². The fourth-order valence-electron chi connectivity index (χ4n) is 2.33. The molecule has 2 nitrogen and oxygen atoms in total. The van der Waals surface area contributed by atoms with E-state index in [9.17, 15) is 4.39 Å². The molecule has 2 rings (SSSR count). The van der Waals surface area contributed by atoms with Gasteiger partial charge in [-0.25, -0.2) is 9.37 Å². The molecule has 0 saturated carbocycles. The number of nitrogens with one attached hydrogen (secondary N) is 1. The van der Waals surface area contributed by atoms with Crippen molar-refractivity contribution in [2.75, 3.05) is 13.1 Å². The highest BCUT2D eigenvalue weighted by molar-refractivity contribution is 7.11. The Morgan fingerprint density at radius 3 is 2.52 bits per heavy atom. The molecule has 0 radical (unpaired) electrons. The lowest BCUT2D eigenvalue weighted by atomic mass is 9.96. The third kappa shape index (κ3) is 4.61. The molecule has 0 aliphatic carbocycles. The van der Waals surface area contributed by atoms with Gasteiger partial charge in [0.05, 0.1) is 10.7 Å². The average Bonchev–Trinajstić information content (AvgIpc) is 2.77. The second kappa shape index (κ2) is 7.66. The van der Waals surface area contributed by atoms with Crippen molar-refractivity contribution in [3.63, 3.8) is 0 Å². The number of benzene rings is 1. The van der Waals surface area contributed by atoms with E-state index in [1.807, 2.05) is 12.1 Å². The quantitative estimate of drug-likeness (QED) is 0.775. The van der Waals surface area contributed by atoms with Crippen LogP contribution in [0.4, 0.5) is 4.39 Å². The van der Waals surface area contributed by atoms with Crippen molar-refractivity contribution in [2.45, 2.75) is 39.5 Å². The first-order chi connectivity index (χ1) is 10.1. The van der Waals surface area contributed by atoms with Gasteiger partial charge in [0, 0.05) is 23.8 Å². The zero-order chi connectivity index (χ0) is 15.2. The van der Waals surface area contributed by atoms with Gasteiger partial charge < -0.3 is 5.32 Å². The van der Waals surface area contributed by atoms with Crippen LogP contribution < -0.4 is 5.32 Å². The Balaban J connectivity index is 2.12. The second-order valence-corrected chi connectivity index (χ2v) is 6.69. The number of halogens is 1. The van der Waals surface area contributed by atoms with Crippen LogP contribution in [-0.4, -0.2) is 18.1 Å². The molecule has 21 heavy (non-hydrogen) atoms. The summed E-state index contributed by atoms with van der Waals surface area (Å²) in [6, 6.07) is 6.86. The maximum Gasteiger partial charge on any atom is 0.123 e. The van der Waals surface area contributed by atoms with Gasteiger partial charge in [-0.2, -0.15) is 0 Å². The summed E-state index contributed by atoms with van der Waals surface area (Å²) in [4.78, 5) is 5.92. The van der Waals surface area contributed by atoms with Gasteiger partial charge in [-0.15, -0.1) is 11.3 Å². The van der Waals surface area contributed by atoms with E-state index in [4.69, 9.17) is 0 Å². The smallest absolute Gasteiger partial charge is 0.123 e. The van der Waals surface area contributed by atoms with Gasteiger partial charge in [-0.05, 0) is 44.5 Å². The molecule has 0 bridgehead atoms. The molecule has 4 heteroatoms. The lowest BCUT2D eigenvalue weighted by Gasteiger charge is -2.17. The fourth-order valence-corrected chi connectivity index (χ4v) is 3.35. The lowest BCUT2D eigenvalue weighted by molar-refractivity contribution is 0.572. The number of aromatic nitrogens is 1. The van der Waals surface area contributed by atoms with Crippen molar-refractivity contribution in [3.8, 4) is 0 Å². The first-order valence-electron chi connectivity index (χ1n) is 7.49. The summed E-state index contributed by atoms with van der Waals surface area (Å²) in [6.45, 7) is 8.23. The molecule has 1 N–H and O–H groups in total. The summed E-state index contributed by atoms with van der Waals surface area (Å²) >= 11 is 1.77. The maximum absolute atomic E-state index is 13.1. The molecule has 1 aromatic heterocycles. The van der Waals surface area contributed by atoms with Crippen molar-refractivity contribution < 1.29 is 4.39 Å². The van der Waals surface area contributed by atoms with Gasteiger partial charge in [-0.1, -0.05) is 19.1 Å². The van der Waals surface area contributed by atoms with Crippen LogP contribution in [0.1, 0.15) is 40.4 Å².